The summed E-state index contributed by atoms with van der Waals surface area (Å²) in [5, 5.41) is 12.2. The van der Waals surface area contributed by atoms with Crippen molar-refractivity contribution in [2.75, 3.05) is 50.6 Å². The van der Waals surface area contributed by atoms with Crippen molar-refractivity contribution in [1.29, 1.82) is 0 Å². The average molecular weight is 1340 g/mol. The highest BCUT2D eigenvalue weighted by Crippen LogP contribution is 2.37. The molecule has 0 amide bonds. The highest BCUT2D eigenvalue weighted by Gasteiger charge is 2.29. The average Bonchev–Trinajstić information content (AvgIpc) is 1.62. The second-order valence-corrected chi connectivity index (χ2v) is 24.0. The Bertz CT molecular complexity index is 4540. The summed E-state index contributed by atoms with van der Waals surface area (Å²) in [5.74, 6) is 0.482. The lowest BCUT2D eigenvalue weighted by Gasteiger charge is -2.15. The fourth-order valence-electron chi connectivity index (χ4n) is 11.4. The summed E-state index contributed by atoms with van der Waals surface area (Å²) in [6, 6.07) is 49.2. The van der Waals surface area contributed by atoms with Crippen LogP contribution in [0, 0.1) is 17.5 Å². The van der Waals surface area contributed by atoms with Crippen molar-refractivity contribution in [2.24, 2.45) is 10.7 Å². The van der Waals surface area contributed by atoms with Crippen molar-refractivity contribution in [3.05, 3.63) is 283 Å². The molecule has 94 heavy (non-hydrogen) atoms. The number of anilines is 5. The molecule has 0 radical (unpaired) electrons. The first-order valence-electron chi connectivity index (χ1n) is 29.8. The second kappa shape index (κ2) is 30.5. The summed E-state index contributed by atoms with van der Waals surface area (Å²) in [6.45, 7) is 6.15. The number of aliphatic imine (C=N–C) groups is 1. The van der Waals surface area contributed by atoms with Crippen molar-refractivity contribution in [2.45, 2.75) is 45.8 Å². The largest absolute Gasteiger partial charge is 0.401 e. The molecular weight excluding hydrogens is 1280 g/mol. The van der Waals surface area contributed by atoms with E-state index in [9.17, 15) is 13.2 Å². The van der Waals surface area contributed by atoms with Crippen LogP contribution < -0.4 is 22.1 Å². The Hall–Kier alpha value is -9.51. The standard InChI is InChI=1S/C23H20ClFN6.C23H22ClFN6.C20H20FN3.C4H2Cl2N2/c1-30-13-18-20(14-30)29-31(22(18)17-7-2-3-8-19(17)25)12-15-5-4-6-16(11-15)27-21-9-10-26-23(24)28-21;1-31-13-18(20(26)14-31)22(17-7-2-3-8-19(17)25)28-12-15-5-4-6-16(11-15)29-21-9-10-27-23(24)30-21;1-23-11-15-12-24(10-14-5-4-6-16(22)9-14)20(18(15)13-23)17-7-2-3-8-19(17)21;5-3-1-2-7-4(6)8-3/h2-11H,12-14H2,1H3,(H,26,27,28);2-11H,12-14,26H2,1H3,(H,27,29,30);2-9,12H,10-11,13,22H2,1H3;1-2H. The molecule has 0 aliphatic carbocycles. The van der Waals surface area contributed by atoms with Gasteiger partial charge in [0.15, 0.2) is 0 Å². The molecule has 6 aromatic carbocycles. The van der Waals surface area contributed by atoms with E-state index in [2.05, 4.69) is 79.1 Å². The Labute approximate surface area is 562 Å². The molecule has 0 spiro atoms. The maximum atomic E-state index is 14.7. The Kier molecular flexibility index (Phi) is 21.4. The summed E-state index contributed by atoms with van der Waals surface area (Å²) in [7, 11) is 6.12. The van der Waals surface area contributed by atoms with E-state index in [1.54, 1.807) is 60.9 Å². The summed E-state index contributed by atoms with van der Waals surface area (Å²) in [5.41, 5.74) is 28.1. The molecule has 11 aromatic rings. The number of fused-ring (bicyclic) bond motifs is 2. The topological polar surface area (TPSA) is 198 Å². The summed E-state index contributed by atoms with van der Waals surface area (Å²) >= 11 is 22.5. The van der Waals surface area contributed by atoms with E-state index >= 15 is 0 Å². The van der Waals surface area contributed by atoms with Gasteiger partial charge >= 0.3 is 0 Å². The normalized spacial score (nSPS) is 13.7. The van der Waals surface area contributed by atoms with Crippen LogP contribution >= 0.6 is 46.4 Å². The van der Waals surface area contributed by atoms with Gasteiger partial charge in [0.25, 0.3) is 0 Å². The molecule has 0 bridgehead atoms. The zero-order chi connectivity index (χ0) is 65.8. The van der Waals surface area contributed by atoms with Crippen molar-refractivity contribution in [3.63, 3.8) is 0 Å². The van der Waals surface area contributed by atoms with Gasteiger partial charge in [-0.1, -0.05) is 84.4 Å². The highest BCUT2D eigenvalue weighted by molar-refractivity contribution is 6.31. The van der Waals surface area contributed by atoms with Gasteiger partial charge < -0.3 is 26.7 Å². The fourth-order valence-corrected chi connectivity index (χ4v) is 12.0. The van der Waals surface area contributed by atoms with Crippen molar-refractivity contribution >= 4 is 80.8 Å². The van der Waals surface area contributed by atoms with Crippen LogP contribution in [0.2, 0.25) is 21.0 Å². The molecule has 14 rings (SSSR count). The molecule has 0 unspecified atom stereocenters. The predicted molar refractivity (Wildman–Crippen MR) is 368 cm³/mol. The minimum Gasteiger partial charge on any atom is -0.401 e. The van der Waals surface area contributed by atoms with Crippen molar-refractivity contribution in [3.8, 4) is 22.5 Å². The fraction of sp³-hybridized carbons (Fsp3) is 0.171. The Morgan fingerprint density at radius 2 is 1.06 bits per heavy atom. The minimum absolute atomic E-state index is 0.174. The monoisotopic (exact) mass is 1340 g/mol. The molecule has 5 aromatic heterocycles. The third-order valence-electron chi connectivity index (χ3n) is 15.4. The van der Waals surface area contributed by atoms with Crippen LogP contribution in [0.15, 0.2) is 205 Å². The molecule has 0 saturated carbocycles. The maximum absolute atomic E-state index is 14.7. The number of hydrogen-bond acceptors (Lipinski definition) is 15. The number of nitrogens with two attached hydrogens (primary N) is 2. The zero-order valence-electron chi connectivity index (χ0n) is 51.4. The van der Waals surface area contributed by atoms with E-state index in [4.69, 9.17) is 68.0 Å². The van der Waals surface area contributed by atoms with E-state index in [1.165, 1.54) is 35.5 Å². The third-order valence-corrected chi connectivity index (χ3v) is 16.1. The number of hydrogen-bond donors (Lipinski definition) is 4. The molecule has 17 nitrogen and oxygen atoms in total. The maximum Gasteiger partial charge on any atom is 0.224 e. The number of nitrogen functional groups attached to an aromatic ring is 1. The molecule has 478 valence electrons. The van der Waals surface area contributed by atoms with Gasteiger partial charge in [0.05, 0.1) is 35.9 Å². The smallest absolute Gasteiger partial charge is 0.224 e. The molecule has 8 heterocycles. The molecule has 6 N–H and O–H groups in total. The number of likely N-dealkylation sites (N-methyl/N-ethyl adjacent to an activating group) is 1. The van der Waals surface area contributed by atoms with Gasteiger partial charge in [0.2, 0.25) is 15.9 Å². The minimum atomic E-state index is -0.313. The first-order valence-corrected chi connectivity index (χ1v) is 31.3. The molecule has 3 aliphatic heterocycles. The van der Waals surface area contributed by atoms with Crippen LogP contribution in [0.4, 0.5) is 41.9 Å². The SMILES string of the molecule is CN1CC(N)=C(C(=NCc2cccc(Nc3ccnc(Cl)n3)c2)c2ccccc2F)C1.CN1Cc2cn(Cc3cccc(N)c3)c(-c3ccccc3F)c2C1.CN1Cc2nn(Cc3cccc(Nc4ccnc(Cl)n4)c3)c(-c3ccccc3F)c2C1.Clc1ccnc(Cl)n1. The number of benzene rings is 6. The molecular formula is C70H64Cl4F3N17. The van der Waals surface area contributed by atoms with Crippen LogP contribution in [0.1, 0.15) is 44.6 Å². The number of nitrogens with one attached hydrogen (secondary N) is 2. The molecule has 0 saturated heterocycles. The quantitative estimate of drug-likeness (QED) is 0.0347. The molecule has 24 heteroatoms. The van der Waals surface area contributed by atoms with Crippen LogP contribution in [-0.2, 0) is 45.8 Å². The lowest BCUT2D eigenvalue weighted by molar-refractivity contribution is 0.346. The van der Waals surface area contributed by atoms with Crippen molar-refractivity contribution < 1.29 is 13.2 Å². The van der Waals surface area contributed by atoms with Gasteiger partial charge in [-0.25, -0.2) is 43.1 Å². The number of halogens is 7. The summed E-state index contributed by atoms with van der Waals surface area (Å²) in [6.07, 6.45) is 6.84. The van der Waals surface area contributed by atoms with E-state index in [0.717, 1.165) is 93.8 Å². The molecule has 3 aliphatic rings. The highest BCUT2D eigenvalue weighted by atomic mass is 35.5. The Morgan fingerprint density at radius 3 is 1.65 bits per heavy atom. The second-order valence-electron chi connectivity index (χ2n) is 22.6. The van der Waals surface area contributed by atoms with Gasteiger partial charge in [0.1, 0.15) is 34.2 Å². The van der Waals surface area contributed by atoms with Gasteiger partial charge in [-0.2, -0.15) is 5.10 Å². The summed E-state index contributed by atoms with van der Waals surface area (Å²) in [4.78, 5) is 34.6. The van der Waals surface area contributed by atoms with E-state index in [0.29, 0.717) is 71.9 Å². The lowest BCUT2D eigenvalue weighted by atomic mass is 10.0. The molecule has 0 atom stereocenters. The first kappa shape index (κ1) is 66.0. The van der Waals surface area contributed by atoms with Gasteiger partial charge in [-0.3, -0.25) is 24.4 Å². The predicted octanol–water partition coefficient (Wildman–Crippen LogP) is 14.7. The van der Waals surface area contributed by atoms with Crippen LogP contribution in [0.25, 0.3) is 22.5 Å². The first-order chi connectivity index (χ1) is 45.5. The Balaban J connectivity index is 0.000000136. The van der Waals surface area contributed by atoms with E-state index in [1.807, 2.05) is 110 Å². The Morgan fingerprint density at radius 1 is 0.521 bits per heavy atom. The zero-order valence-corrected chi connectivity index (χ0v) is 54.4. The van der Waals surface area contributed by atoms with E-state index in [-0.39, 0.29) is 33.3 Å². The molecule has 0 fully saturated rings. The summed E-state index contributed by atoms with van der Waals surface area (Å²) < 4.78 is 47.8. The van der Waals surface area contributed by atoms with Crippen molar-refractivity contribution in [1.82, 2.24) is 59.0 Å². The van der Waals surface area contributed by atoms with Crippen LogP contribution in [0.5, 0.6) is 0 Å². The number of nitrogens with zero attached hydrogens (tertiary/aromatic N) is 13. The van der Waals surface area contributed by atoms with E-state index < -0.39 is 0 Å². The van der Waals surface area contributed by atoms with Crippen LogP contribution in [-0.4, -0.2) is 98.9 Å². The number of aromatic nitrogens is 9. The number of rotatable bonds is 14. The lowest BCUT2D eigenvalue weighted by Crippen LogP contribution is -2.18. The van der Waals surface area contributed by atoms with Gasteiger partial charge in [-0.05, 0) is 175 Å². The van der Waals surface area contributed by atoms with Gasteiger partial charge in [-0.15, -0.1) is 0 Å². The third kappa shape index (κ3) is 16.8. The van der Waals surface area contributed by atoms with Crippen LogP contribution in [0.3, 0.4) is 0 Å². The van der Waals surface area contributed by atoms with Gasteiger partial charge in [0, 0.05) is 121 Å².